The summed E-state index contributed by atoms with van der Waals surface area (Å²) in [6.45, 7) is 4.60. The number of aromatic hydroxyl groups is 2. The molecule has 21 heteroatoms. The molecule has 0 atom stereocenters. The minimum absolute atomic E-state index is 0.0736. The van der Waals surface area contributed by atoms with Crippen LogP contribution in [0.15, 0.2) is 24.3 Å². The van der Waals surface area contributed by atoms with Crippen molar-refractivity contribution >= 4 is 55.3 Å². The van der Waals surface area contributed by atoms with Crippen LogP contribution >= 0.6 is 0 Å². The summed E-state index contributed by atoms with van der Waals surface area (Å²) in [5, 5.41) is 80.4. The molecule has 0 aliphatic carbocycles. The number of benzene rings is 2. The van der Waals surface area contributed by atoms with E-state index in [0.29, 0.717) is 24.3 Å². The van der Waals surface area contributed by atoms with Crippen molar-refractivity contribution in [1.29, 1.82) is 0 Å². The first-order valence-electron chi connectivity index (χ1n) is 15.4. The topological polar surface area (TPSA) is 299 Å². The molecule has 2 radical (unpaired) electrons. The maximum absolute atomic E-state index is 10.4. The third kappa shape index (κ3) is 17.3. The Morgan fingerprint density at radius 1 is 0.449 bits per heavy atom. The SMILES string of the molecule is CCCCCCC[CH2][Sn][CH2]CCCCCCC.O=[N+]([O-])c1cc([N+](=O)[O-])c(O)c([N+](=O)[O-])c1.O=[N+]([O-])c1cc([N+](=O)[O-])c(O)c([N+](=O)[O-])c1. The summed E-state index contributed by atoms with van der Waals surface area (Å²) in [6.07, 6.45) is 17.8. The zero-order chi connectivity index (χ0) is 37.5. The molecule has 0 aliphatic heterocycles. The van der Waals surface area contributed by atoms with Gasteiger partial charge in [0.05, 0.1) is 53.8 Å². The molecule has 0 amide bonds. The quantitative estimate of drug-likeness (QED) is 0.0549. The van der Waals surface area contributed by atoms with Gasteiger partial charge in [0.25, 0.3) is 22.9 Å². The number of phenolic OH excluding ortho intramolecular Hbond substituents is 2. The van der Waals surface area contributed by atoms with E-state index in [1.165, 1.54) is 64.2 Å². The van der Waals surface area contributed by atoms with Gasteiger partial charge in [-0.2, -0.15) is 0 Å². The van der Waals surface area contributed by atoms with Crippen LogP contribution in [0.25, 0.3) is 0 Å². The van der Waals surface area contributed by atoms with Gasteiger partial charge in [-0.3, -0.25) is 60.7 Å². The van der Waals surface area contributed by atoms with E-state index in [0.717, 1.165) is 0 Å². The summed E-state index contributed by atoms with van der Waals surface area (Å²) in [7, 11) is 0. The molecule has 2 aromatic carbocycles. The van der Waals surface area contributed by atoms with Gasteiger partial charge in [0, 0.05) is 0 Å². The number of nitro groups is 6. The molecule has 0 aliphatic rings. The molecule has 0 bridgehead atoms. The average Bonchev–Trinajstić information content (AvgIpc) is 3.03. The van der Waals surface area contributed by atoms with Crippen molar-refractivity contribution < 1.29 is 39.8 Å². The van der Waals surface area contributed by atoms with Crippen LogP contribution in [-0.2, 0) is 0 Å². The fourth-order valence-electron chi connectivity index (χ4n) is 4.13. The zero-order valence-corrected chi connectivity index (χ0v) is 30.0. The number of hydrogen-bond acceptors (Lipinski definition) is 14. The number of nitro benzene ring substituents is 6. The van der Waals surface area contributed by atoms with Crippen molar-refractivity contribution in [2.75, 3.05) is 0 Å². The number of phenols is 2. The predicted molar refractivity (Wildman–Crippen MR) is 178 cm³/mol. The molecule has 0 saturated carbocycles. The van der Waals surface area contributed by atoms with Crippen LogP contribution in [0.2, 0.25) is 8.87 Å². The largest absolute Gasteiger partial charge is 0.497 e. The second kappa shape index (κ2) is 24.4. The second-order valence-corrected chi connectivity index (χ2v) is 14.8. The van der Waals surface area contributed by atoms with Crippen LogP contribution in [0.5, 0.6) is 11.5 Å². The van der Waals surface area contributed by atoms with Crippen molar-refractivity contribution in [2.45, 2.75) is 99.8 Å². The van der Waals surface area contributed by atoms with Crippen LogP contribution in [0, 0.1) is 60.7 Å². The number of hydrogen-bond donors (Lipinski definition) is 2. The van der Waals surface area contributed by atoms with Gasteiger partial charge in [-0.25, -0.2) is 0 Å². The number of non-ortho nitro benzene ring substituents is 2. The van der Waals surface area contributed by atoms with E-state index in [2.05, 4.69) is 13.8 Å². The summed E-state index contributed by atoms with van der Waals surface area (Å²) in [5.74, 6) is -2.42. The predicted octanol–water partition coefficient (Wildman–Crippen LogP) is 8.48. The molecule has 2 aromatic rings. The van der Waals surface area contributed by atoms with Crippen LogP contribution < -0.4 is 0 Å². The summed E-state index contributed by atoms with van der Waals surface area (Å²) < 4.78 is 3.31. The Balaban J connectivity index is 0.000000705. The smallest absolute Gasteiger partial charge is 0.324 e. The first-order valence-corrected chi connectivity index (χ1v) is 19.4. The second-order valence-electron chi connectivity index (χ2n) is 10.5. The van der Waals surface area contributed by atoms with E-state index in [1.54, 1.807) is 21.7 Å². The van der Waals surface area contributed by atoms with Crippen molar-refractivity contribution in [3.8, 4) is 11.5 Å². The fourth-order valence-corrected chi connectivity index (χ4v) is 7.70. The Morgan fingerprint density at radius 3 is 0.918 bits per heavy atom. The third-order valence-electron chi connectivity index (χ3n) is 6.73. The molecule has 0 saturated heterocycles. The van der Waals surface area contributed by atoms with Gasteiger partial charge >= 0.3 is 144 Å². The average molecular weight is 803 g/mol. The van der Waals surface area contributed by atoms with E-state index < -0.39 is 75.2 Å². The summed E-state index contributed by atoms with van der Waals surface area (Å²) >= 11 is 0.0736. The standard InChI is InChI=1S/2C8H17.2C6H3N3O7.Sn/c2*1-3-5-7-8-6-4-2;2*10-6-4(8(13)14)1-3(7(11)12)2-5(6)9(15)16;/h2*1,3-8H2,2H3;2*1-2,10H;. The van der Waals surface area contributed by atoms with Crippen LogP contribution in [0.4, 0.5) is 34.1 Å². The Hall–Kier alpha value is -4.76. The Kier molecular flexibility index (Phi) is 22.0. The molecule has 0 fully saturated rings. The van der Waals surface area contributed by atoms with Crippen LogP contribution in [0.3, 0.4) is 0 Å². The normalized spacial score (nSPS) is 10.2. The maximum Gasteiger partial charge on any atom is 0.324 e. The van der Waals surface area contributed by atoms with Gasteiger partial charge in [0.2, 0.25) is 0 Å². The summed E-state index contributed by atoms with van der Waals surface area (Å²) in [5.41, 5.74) is -6.00. The zero-order valence-electron chi connectivity index (χ0n) is 27.2. The first-order chi connectivity index (χ1) is 23.1. The third-order valence-corrected chi connectivity index (χ3v) is 10.8. The van der Waals surface area contributed by atoms with E-state index in [9.17, 15) is 60.7 Å². The molecular formula is C28H40N6O14Sn. The molecule has 270 valence electrons. The van der Waals surface area contributed by atoms with Crippen molar-refractivity contribution in [1.82, 2.24) is 0 Å². The minimum atomic E-state index is -1.21. The van der Waals surface area contributed by atoms with E-state index in [1.807, 2.05) is 0 Å². The summed E-state index contributed by atoms with van der Waals surface area (Å²) in [4.78, 5) is 55.5. The molecule has 0 heterocycles. The molecule has 20 nitrogen and oxygen atoms in total. The van der Waals surface area contributed by atoms with Crippen molar-refractivity contribution in [3.05, 3.63) is 85.0 Å². The van der Waals surface area contributed by atoms with Crippen LogP contribution in [0.1, 0.15) is 90.9 Å². The van der Waals surface area contributed by atoms with Gasteiger partial charge in [-0.1, -0.05) is 0 Å². The first kappa shape index (κ1) is 44.2. The molecule has 49 heavy (non-hydrogen) atoms. The molecule has 0 unspecified atom stereocenters. The Bertz CT molecular complexity index is 1270. The van der Waals surface area contributed by atoms with Crippen LogP contribution in [-0.4, -0.2) is 60.9 Å². The molecular weight excluding hydrogens is 763 g/mol. The molecule has 0 aromatic heterocycles. The summed E-state index contributed by atoms with van der Waals surface area (Å²) in [6, 6.07) is 1.79. The fraction of sp³-hybridized carbons (Fsp3) is 0.571. The van der Waals surface area contributed by atoms with Gasteiger partial charge in [0.15, 0.2) is 0 Å². The Labute approximate surface area is 290 Å². The van der Waals surface area contributed by atoms with Gasteiger partial charge in [0.1, 0.15) is 0 Å². The van der Waals surface area contributed by atoms with Gasteiger partial charge in [-0.05, 0) is 0 Å². The molecule has 0 spiro atoms. The monoisotopic (exact) mass is 804 g/mol. The number of rotatable bonds is 20. The molecule has 2 N–H and O–H groups in total. The molecule has 2 rings (SSSR count). The van der Waals surface area contributed by atoms with E-state index >= 15 is 0 Å². The number of nitrogens with zero attached hydrogens (tertiary/aromatic N) is 6. The van der Waals surface area contributed by atoms with Crippen molar-refractivity contribution in [2.24, 2.45) is 0 Å². The van der Waals surface area contributed by atoms with E-state index in [4.69, 9.17) is 10.2 Å². The van der Waals surface area contributed by atoms with Gasteiger partial charge in [-0.15, -0.1) is 0 Å². The van der Waals surface area contributed by atoms with E-state index in [-0.39, 0.29) is 21.1 Å². The van der Waals surface area contributed by atoms with Crippen molar-refractivity contribution in [3.63, 3.8) is 0 Å². The Morgan fingerprint density at radius 2 is 0.694 bits per heavy atom. The minimum Gasteiger partial charge on any atom is -0.497 e. The maximum atomic E-state index is 10.4. The number of unbranched alkanes of at least 4 members (excludes halogenated alkanes) is 10. The van der Waals surface area contributed by atoms with Gasteiger partial charge < -0.3 is 10.2 Å².